The van der Waals surface area contributed by atoms with Crippen molar-refractivity contribution < 1.29 is 4.79 Å². The van der Waals surface area contributed by atoms with E-state index in [1.165, 1.54) is 35.9 Å². The predicted molar refractivity (Wildman–Crippen MR) is 90.7 cm³/mol. The summed E-state index contributed by atoms with van der Waals surface area (Å²) in [5.74, 6) is 1.13. The molecular formula is C15H18N4OS2. The van der Waals surface area contributed by atoms with Crippen LogP contribution in [0.15, 0.2) is 34.7 Å². The van der Waals surface area contributed by atoms with Gasteiger partial charge in [0.25, 0.3) is 0 Å². The summed E-state index contributed by atoms with van der Waals surface area (Å²) in [6, 6.07) is 10.1. The molecule has 1 heterocycles. The highest BCUT2D eigenvalue weighted by Crippen LogP contribution is 2.32. The van der Waals surface area contributed by atoms with Crippen molar-refractivity contribution in [2.75, 3.05) is 11.1 Å². The summed E-state index contributed by atoms with van der Waals surface area (Å²) in [5, 5.41) is 15.2. The third kappa shape index (κ3) is 4.45. The molecule has 1 atom stereocenters. The zero-order valence-electron chi connectivity index (χ0n) is 12.3. The second-order valence-corrected chi connectivity index (χ2v) is 7.55. The van der Waals surface area contributed by atoms with Gasteiger partial charge in [-0.3, -0.25) is 4.79 Å². The minimum Gasteiger partial charge on any atom is -0.353 e. The highest BCUT2D eigenvalue weighted by atomic mass is 32.2. The molecule has 1 fully saturated rings. The summed E-state index contributed by atoms with van der Waals surface area (Å²) in [4.78, 5) is 11.9. The fourth-order valence-electron chi connectivity index (χ4n) is 2.10. The van der Waals surface area contributed by atoms with Crippen LogP contribution in [0.1, 0.15) is 19.8 Å². The Morgan fingerprint density at radius 1 is 1.36 bits per heavy atom. The number of carbonyl (C=O) groups is 1. The van der Waals surface area contributed by atoms with Crippen LogP contribution in [0.4, 0.5) is 10.8 Å². The highest BCUT2D eigenvalue weighted by Gasteiger charge is 2.28. The van der Waals surface area contributed by atoms with Gasteiger partial charge in [0, 0.05) is 11.7 Å². The highest BCUT2D eigenvalue weighted by molar-refractivity contribution is 8.01. The number of nitrogens with one attached hydrogen (secondary N) is 2. The molecule has 1 aliphatic carbocycles. The molecule has 1 saturated carbocycles. The van der Waals surface area contributed by atoms with Crippen molar-refractivity contribution in [1.29, 1.82) is 0 Å². The number of hydrogen-bond acceptors (Lipinski definition) is 6. The van der Waals surface area contributed by atoms with Crippen LogP contribution in [-0.2, 0) is 4.79 Å². The molecule has 7 heteroatoms. The average molecular weight is 334 g/mol. The third-order valence-corrected chi connectivity index (χ3v) is 5.45. The van der Waals surface area contributed by atoms with Crippen LogP contribution in [0.5, 0.6) is 0 Å². The molecule has 116 valence electrons. The maximum atomic E-state index is 11.9. The van der Waals surface area contributed by atoms with Crippen molar-refractivity contribution >= 4 is 39.8 Å². The standard InChI is InChI=1S/C15H18N4OS2/c1-10(11-7-8-11)16-13(20)9-21-15-19-18-14(22-15)17-12-5-3-2-4-6-12/h2-6,10-11H,7-9H2,1H3,(H,16,20)(H,17,18). The second kappa shape index (κ2) is 7.11. The molecule has 0 bridgehead atoms. The molecule has 0 saturated heterocycles. The zero-order chi connectivity index (χ0) is 15.4. The third-order valence-electron chi connectivity index (χ3n) is 3.48. The minimum atomic E-state index is 0.0668. The number of anilines is 2. The van der Waals surface area contributed by atoms with Gasteiger partial charge in [0.1, 0.15) is 0 Å². The van der Waals surface area contributed by atoms with E-state index in [2.05, 4.69) is 27.8 Å². The van der Waals surface area contributed by atoms with Crippen LogP contribution in [0, 0.1) is 5.92 Å². The molecular weight excluding hydrogens is 316 g/mol. The van der Waals surface area contributed by atoms with E-state index in [1.807, 2.05) is 30.3 Å². The lowest BCUT2D eigenvalue weighted by molar-refractivity contribution is -0.119. The van der Waals surface area contributed by atoms with E-state index in [-0.39, 0.29) is 11.9 Å². The van der Waals surface area contributed by atoms with Gasteiger partial charge in [-0.25, -0.2) is 0 Å². The molecule has 1 unspecified atom stereocenters. The molecule has 5 nitrogen and oxygen atoms in total. The van der Waals surface area contributed by atoms with Crippen LogP contribution in [0.25, 0.3) is 0 Å². The van der Waals surface area contributed by atoms with Gasteiger partial charge in [-0.2, -0.15) is 0 Å². The lowest BCUT2D eigenvalue weighted by Crippen LogP contribution is -2.35. The Balaban J connectivity index is 1.46. The van der Waals surface area contributed by atoms with Crippen molar-refractivity contribution in [2.45, 2.75) is 30.1 Å². The summed E-state index contributed by atoms with van der Waals surface area (Å²) in [7, 11) is 0. The number of thioether (sulfide) groups is 1. The Morgan fingerprint density at radius 2 is 2.14 bits per heavy atom. The first kappa shape index (κ1) is 15.3. The van der Waals surface area contributed by atoms with E-state index in [4.69, 9.17) is 0 Å². The molecule has 1 aliphatic rings. The van der Waals surface area contributed by atoms with E-state index < -0.39 is 0 Å². The number of rotatable bonds is 7. The van der Waals surface area contributed by atoms with Gasteiger partial charge < -0.3 is 10.6 Å². The molecule has 1 amide bonds. The Labute approximate surface area is 137 Å². The van der Waals surface area contributed by atoms with Crippen molar-refractivity contribution in [3.63, 3.8) is 0 Å². The van der Waals surface area contributed by atoms with E-state index in [9.17, 15) is 4.79 Å². The second-order valence-electron chi connectivity index (χ2n) is 5.35. The van der Waals surface area contributed by atoms with Gasteiger partial charge in [-0.15, -0.1) is 10.2 Å². The zero-order valence-corrected chi connectivity index (χ0v) is 13.9. The van der Waals surface area contributed by atoms with Gasteiger partial charge in [-0.1, -0.05) is 41.3 Å². The van der Waals surface area contributed by atoms with Crippen LogP contribution in [0.2, 0.25) is 0 Å². The quantitative estimate of drug-likeness (QED) is 0.761. The Morgan fingerprint density at radius 3 is 2.86 bits per heavy atom. The molecule has 0 radical (unpaired) electrons. The molecule has 1 aromatic heterocycles. The number of benzene rings is 1. The number of para-hydroxylation sites is 1. The van der Waals surface area contributed by atoms with Gasteiger partial charge >= 0.3 is 0 Å². The van der Waals surface area contributed by atoms with E-state index >= 15 is 0 Å². The first-order chi connectivity index (χ1) is 10.7. The summed E-state index contributed by atoms with van der Waals surface area (Å²) < 4.78 is 0.799. The van der Waals surface area contributed by atoms with E-state index in [0.717, 1.165) is 15.2 Å². The monoisotopic (exact) mass is 334 g/mol. The molecule has 2 aromatic rings. The molecule has 22 heavy (non-hydrogen) atoms. The van der Waals surface area contributed by atoms with Crippen molar-refractivity contribution in [2.24, 2.45) is 5.92 Å². The van der Waals surface area contributed by atoms with Crippen molar-refractivity contribution in [1.82, 2.24) is 15.5 Å². The number of amides is 1. The lowest BCUT2D eigenvalue weighted by atomic mass is 10.2. The molecule has 0 spiro atoms. The van der Waals surface area contributed by atoms with Crippen molar-refractivity contribution in [3.05, 3.63) is 30.3 Å². The number of aromatic nitrogens is 2. The minimum absolute atomic E-state index is 0.0668. The maximum absolute atomic E-state index is 11.9. The SMILES string of the molecule is CC(NC(=O)CSc1nnc(Nc2ccccc2)s1)C1CC1. The van der Waals surface area contributed by atoms with Gasteiger partial charge in [-0.05, 0) is 37.8 Å². The largest absolute Gasteiger partial charge is 0.353 e. The van der Waals surface area contributed by atoms with Gasteiger partial charge in [0.05, 0.1) is 5.75 Å². The first-order valence-electron chi connectivity index (χ1n) is 7.28. The smallest absolute Gasteiger partial charge is 0.230 e. The summed E-state index contributed by atoms with van der Waals surface area (Å²) in [6.07, 6.45) is 2.47. The Hall–Kier alpha value is -1.60. The lowest BCUT2D eigenvalue weighted by Gasteiger charge is -2.11. The normalized spacial score (nSPS) is 15.3. The number of carbonyl (C=O) groups excluding carboxylic acids is 1. The predicted octanol–water partition coefficient (Wildman–Crippen LogP) is 3.29. The van der Waals surface area contributed by atoms with Gasteiger partial charge in [0.2, 0.25) is 11.0 Å². The fourth-order valence-corrected chi connectivity index (χ4v) is 3.68. The summed E-state index contributed by atoms with van der Waals surface area (Å²) in [6.45, 7) is 2.08. The summed E-state index contributed by atoms with van der Waals surface area (Å²) in [5.41, 5.74) is 0.978. The van der Waals surface area contributed by atoms with Crippen LogP contribution < -0.4 is 10.6 Å². The molecule has 3 rings (SSSR count). The number of nitrogens with zero attached hydrogens (tertiary/aromatic N) is 2. The van der Waals surface area contributed by atoms with Crippen LogP contribution >= 0.6 is 23.1 Å². The van der Waals surface area contributed by atoms with Gasteiger partial charge in [0.15, 0.2) is 4.34 Å². The van der Waals surface area contributed by atoms with Crippen LogP contribution in [-0.4, -0.2) is 27.9 Å². The number of hydrogen-bond donors (Lipinski definition) is 2. The van der Waals surface area contributed by atoms with E-state index in [1.54, 1.807) is 0 Å². The molecule has 2 N–H and O–H groups in total. The fraction of sp³-hybridized carbons (Fsp3) is 0.400. The Kier molecular flexibility index (Phi) is 4.94. The molecule has 1 aromatic carbocycles. The Bertz CT molecular complexity index is 627. The average Bonchev–Trinajstić information content (AvgIpc) is 3.28. The van der Waals surface area contributed by atoms with Crippen LogP contribution in [0.3, 0.4) is 0 Å². The molecule has 0 aliphatic heterocycles. The van der Waals surface area contributed by atoms with Crippen molar-refractivity contribution in [3.8, 4) is 0 Å². The summed E-state index contributed by atoms with van der Waals surface area (Å²) >= 11 is 2.88. The topological polar surface area (TPSA) is 66.9 Å². The van der Waals surface area contributed by atoms with E-state index in [0.29, 0.717) is 11.7 Å². The maximum Gasteiger partial charge on any atom is 0.230 e. The first-order valence-corrected chi connectivity index (χ1v) is 9.08.